The highest BCUT2D eigenvalue weighted by Gasteiger charge is 2.12. The molecule has 0 bridgehead atoms. The third kappa shape index (κ3) is 2.56. The third-order valence-electron chi connectivity index (χ3n) is 3.69. The number of allylic oxidation sites excluding steroid dienone is 5. The monoisotopic (exact) mass is 289 g/mol. The molecule has 3 aromatic rings. The fourth-order valence-electron chi connectivity index (χ4n) is 2.70. The number of furan rings is 1. The molecule has 2 N–H and O–H groups in total. The van der Waals surface area contributed by atoms with Crippen LogP contribution >= 0.6 is 0 Å². The highest BCUT2D eigenvalue weighted by Crippen LogP contribution is 2.34. The topological polar surface area (TPSA) is 39.2 Å². The Balaban J connectivity index is 2.08. The van der Waals surface area contributed by atoms with Gasteiger partial charge in [0.25, 0.3) is 0 Å². The van der Waals surface area contributed by atoms with Crippen molar-refractivity contribution in [3.8, 4) is 0 Å². The lowest BCUT2D eigenvalue weighted by molar-refractivity contribution is 0.670. The van der Waals surface area contributed by atoms with E-state index in [1.165, 1.54) is 5.56 Å². The minimum atomic E-state index is 0.673. The minimum Gasteiger partial charge on any atom is -0.454 e. The second-order valence-corrected chi connectivity index (χ2v) is 5.34. The van der Waals surface area contributed by atoms with E-state index < -0.39 is 0 Å². The molecule has 0 aliphatic carbocycles. The van der Waals surface area contributed by atoms with Gasteiger partial charge in [0, 0.05) is 10.8 Å². The second kappa shape index (κ2) is 5.94. The number of para-hydroxylation sites is 1. The van der Waals surface area contributed by atoms with Crippen LogP contribution in [0.5, 0.6) is 0 Å². The van der Waals surface area contributed by atoms with Crippen LogP contribution < -0.4 is 5.73 Å². The average molecular weight is 289 g/mol. The van der Waals surface area contributed by atoms with E-state index in [4.69, 9.17) is 10.2 Å². The molecule has 0 saturated carbocycles. The maximum absolute atomic E-state index is 6.02. The lowest BCUT2D eigenvalue weighted by atomic mass is 10.00. The molecule has 0 unspecified atom stereocenters. The van der Waals surface area contributed by atoms with E-state index >= 15 is 0 Å². The SMILES string of the molecule is C=C(/C=C\C=C/C)Cc1cccc2oc3c(N)cccc3c12. The Bertz CT molecular complexity index is 897. The van der Waals surface area contributed by atoms with Gasteiger partial charge in [-0.05, 0) is 31.0 Å². The largest absolute Gasteiger partial charge is 0.454 e. The number of nitrogen functional groups attached to an aromatic ring is 1. The summed E-state index contributed by atoms with van der Waals surface area (Å²) in [7, 11) is 0. The zero-order chi connectivity index (χ0) is 15.5. The van der Waals surface area contributed by atoms with E-state index in [-0.39, 0.29) is 0 Å². The molecule has 2 nitrogen and oxygen atoms in total. The van der Waals surface area contributed by atoms with Crippen molar-refractivity contribution in [2.45, 2.75) is 13.3 Å². The van der Waals surface area contributed by atoms with Crippen LogP contribution in [0.4, 0.5) is 5.69 Å². The van der Waals surface area contributed by atoms with Crippen molar-refractivity contribution in [3.05, 3.63) is 78.4 Å². The summed E-state index contributed by atoms with van der Waals surface area (Å²) in [5.41, 5.74) is 10.6. The normalized spacial score (nSPS) is 12.0. The number of hydrogen-bond donors (Lipinski definition) is 1. The van der Waals surface area contributed by atoms with Gasteiger partial charge in [0.2, 0.25) is 0 Å². The first-order valence-corrected chi connectivity index (χ1v) is 7.36. The van der Waals surface area contributed by atoms with Gasteiger partial charge in [0.1, 0.15) is 5.58 Å². The van der Waals surface area contributed by atoms with Crippen LogP contribution in [0.3, 0.4) is 0 Å². The van der Waals surface area contributed by atoms with Gasteiger partial charge in [-0.15, -0.1) is 0 Å². The van der Waals surface area contributed by atoms with Crippen molar-refractivity contribution in [1.82, 2.24) is 0 Å². The number of rotatable bonds is 4. The van der Waals surface area contributed by atoms with Crippen molar-refractivity contribution in [2.24, 2.45) is 0 Å². The van der Waals surface area contributed by atoms with Gasteiger partial charge in [-0.2, -0.15) is 0 Å². The fourth-order valence-corrected chi connectivity index (χ4v) is 2.70. The first-order valence-electron chi connectivity index (χ1n) is 7.36. The van der Waals surface area contributed by atoms with Crippen LogP contribution in [0.15, 0.2) is 77.3 Å². The van der Waals surface area contributed by atoms with Gasteiger partial charge < -0.3 is 10.2 Å². The predicted octanol–water partition coefficient (Wildman–Crippen LogP) is 5.40. The first kappa shape index (κ1) is 14.2. The van der Waals surface area contributed by atoms with Gasteiger partial charge in [-0.25, -0.2) is 0 Å². The zero-order valence-electron chi connectivity index (χ0n) is 12.7. The van der Waals surface area contributed by atoms with Gasteiger partial charge in [0.05, 0.1) is 5.69 Å². The third-order valence-corrected chi connectivity index (χ3v) is 3.69. The smallest absolute Gasteiger partial charge is 0.158 e. The Labute approximate surface area is 130 Å². The van der Waals surface area contributed by atoms with Gasteiger partial charge in [-0.3, -0.25) is 0 Å². The molecule has 0 atom stereocenters. The molecule has 0 aliphatic heterocycles. The predicted molar refractivity (Wildman–Crippen MR) is 94.9 cm³/mol. The van der Waals surface area contributed by atoms with Crippen LogP contribution in [-0.4, -0.2) is 0 Å². The molecular weight excluding hydrogens is 270 g/mol. The molecule has 2 aromatic carbocycles. The molecule has 1 heterocycles. The van der Waals surface area contributed by atoms with Gasteiger partial charge >= 0.3 is 0 Å². The van der Waals surface area contributed by atoms with E-state index in [1.807, 2.05) is 55.5 Å². The fraction of sp³-hybridized carbons (Fsp3) is 0.100. The zero-order valence-corrected chi connectivity index (χ0v) is 12.7. The summed E-state index contributed by atoms with van der Waals surface area (Å²) in [6.45, 7) is 6.13. The minimum absolute atomic E-state index is 0.673. The summed E-state index contributed by atoms with van der Waals surface area (Å²) < 4.78 is 5.92. The van der Waals surface area contributed by atoms with Crippen molar-refractivity contribution >= 4 is 27.6 Å². The van der Waals surface area contributed by atoms with Crippen LogP contribution in [-0.2, 0) is 6.42 Å². The Morgan fingerprint density at radius 1 is 1.18 bits per heavy atom. The Morgan fingerprint density at radius 2 is 2.00 bits per heavy atom. The number of fused-ring (bicyclic) bond motifs is 3. The quantitative estimate of drug-likeness (QED) is 0.516. The summed E-state index contributed by atoms with van der Waals surface area (Å²) in [6, 6.07) is 12.0. The Morgan fingerprint density at radius 3 is 2.82 bits per heavy atom. The van der Waals surface area contributed by atoms with Crippen molar-refractivity contribution in [1.29, 1.82) is 0 Å². The molecule has 3 rings (SSSR count). The molecule has 0 amide bonds. The second-order valence-electron chi connectivity index (χ2n) is 5.34. The van der Waals surface area contributed by atoms with Gasteiger partial charge in [-0.1, -0.05) is 60.7 Å². The van der Waals surface area contributed by atoms with Gasteiger partial charge in [0.15, 0.2) is 5.58 Å². The van der Waals surface area contributed by atoms with E-state index in [1.54, 1.807) is 0 Å². The molecule has 110 valence electrons. The molecule has 0 saturated heterocycles. The Kier molecular flexibility index (Phi) is 3.84. The van der Waals surface area contributed by atoms with E-state index in [9.17, 15) is 0 Å². The summed E-state index contributed by atoms with van der Waals surface area (Å²) in [5, 5.41) is 2.20. The number of nitrogens with two attached hydrogens (primary N) is 1. The van der Waals surface area contributed by atoms with E-state index in [2.05, 4.69) is 18.7 Å². The van der Waals surface area contributed by atoms with E-state index in [0.29, 0.717) is 5.69 Å². The Hall–Kier alpha value is -2.74. The number of hydrogen-bond acceptors (Lipinski definition) is 2. The van der Waals surface area contributed by atoms with Crippen molar-refractivity contribution < 1.29 is 4.42 Å². The first-order chi connectivity index (χ1) is 10.7. The summed E-state index contributed by atoms with van der Waals surface area (Å²) in [4.78, 5) is 0. The van der Waals surface area contributed by atoms with Crippen LogP contribution in [0.1, 0.15) is 12.5 Å². The highest BCUT2D eigenvalue weighted by molar-refractivity contribution is 6.10. The standard InChI is InChI=1S/C20H19NO/c1-3-4-5-8-14(2)13-15-9-6-12-18-19(15)16-10-7-11-17(21)20(16)22-18/h3-12H,2,13,21H2,1H3/b4-3-,8-5-. The molecular formula is C20H19NO. The lowest BCUT2D eigenvalue weighted by Gasteiger charge is -2.03. The average Bonchev–Trinajstić information content (AvgIpc) is 2.89. The van der Waals surface area contributed by atoms with Crippen LogP contribution in [0, 0.1) is 0 Å². The molecule has 22 heavy (non-hydrogen) atoms. The lowest BCUT2D eigenvalue weighted by Crippen LogP contribution is -1.88. The number of benzene rings is 2. The highest BCUT2D eigenvalue weighted by atomic mass is 16.3. The molecule has 0 radical (unpaired) electrons. The molecule has 1 aromatic heterocycles. The van der Waals surface area contributed by atoms with Crippen molar-refractivity contribution in [2.75, 3.05) is 5.73 Å². The molecule has 0 fully saturated rings. The van der Waals surface area contributed by atoms with Crippen molar-refractivity contribution in [3.63, 3.8) is 0 Å². The maximum Gasteiger partial charge on any atom is 0.158 e. The maximum atomic E-state index is 6.02. The molecule has 0 spiro atoms. The van der Waals surface area contributed by atoms with Crippen LogP contribution in [0.25, 0.3) is 21.9 Å². The summed E-state index contributed by atoms with van der Waals surface area (Å²) in [5.74, 6) is 0. The molecule has 2 heteroatoms. The van der Waals surface area contributed by atoms with E-state index in [0.717, 1.165) is 33.9 Å². The summed E-state index contributed by atoms with van der Waals surface area (Å²) >= 11 is 0. The van der Waals surface area contributed by atoms with Crippen LogP contribution in [0.2, 0.25) is 0 Å². The molecule has 0 aliphatic rings. The summed E-state index contributed by atoms with van der Waals surface area (Å²) in [6.07, 6.45) is 8.83. The number of anilines is 1.